The van der Waals surface area contributed by atoms with Gasteiger partial charge in [0.2, 0.25) is 0 Å². The van der Waals surface area contributed by atoms with E-state index in [1.54, 1.807) is 0 Å². The van der Waals surface area contributed by atoms with E-state index >= 15 is 0 Å². The standard InChI is InChI=1S/C14H21N3S/c1-13(2,3)12-17-9-10(18-12)8-14(4,5)11-15-6-7-16-11/h6-7,9H,8H2,1-5H3,(H,15,16). The molecule has 98 valence electrons. The third-order valence-electron chi connectivity index (χ3n) is 2.95. The van der Waals surface area contributed by atoms with Gasteiger partial charge in [0.05, 0.1) is 5.01 Å². The lowest BCUT2D eigenvalue weighted by Gasteiger charge is -2.21. The van der Waals surface area contributed by atoms with Crippen LogP contribution in [0.5, 0.6) is 0 Å². The highest BCUT2D eigenvalue weighted by Crippen LogP contribution is 2.31. The summed E-state index contributed by atoms with van der Waals surface area (Å²) in [5.41, 5.74) is 0.156. The van der Waals surface area contributed by atoms with Crippen molar-refractivity contribution in [2.45, 2.75) is 51.9 Å². The summed E-state index contributed by atoms with van der Waals surface area (Å²) in [6.07, 6.45) is 6.67. The molecule has 4 heteroatoms. The molecule has 0 saturated heterocycles. The van der Waals surface area contributed by atoms with Gasteiger partial charge in [-0.3, -0.25) is 0 Å². The van der Waals surface area contributed by atoms with E-state index in [4.69, 9.17) is 0 Å². The number of aromatic nitrogens is 3. The number of thiazole rings is 1. The fraction of sp³-hybridized carbons (Fsp3) is 0.571. The molecule has 2 heterocycles. The van der Waals surface area contributed by atoms with Gasteiger partial charge in [-0.1, -0.05) is 34.6 Å². The normalized spacial score (nSPS) is 12.9. The summed E-state index contributed by atoms with van der Waals surface area (Å²) in [6, 6.07) is 0. The van der Waals surface area contributed by atoms with Crippen LogP contribution in [0.15, 0.2) is 18.6 Å². The molecule has 18 heavy (non-hydrogen) atoms. The van der Waals surface area contributed by atoms with Crippen LogP contribution >= 0.6 is 11.3 Å². The lowest BCUT2D eigenvalue weighted by atomic mass is 9.88. The van der Waals surface area contributed by atoms with Crippen molar-refractivity contribution >= 4 is 11.3 Å². The van der Waals surface area contributed by atoms with Crippen LogP contribution in [-0.4, -0.2) is 15.0 Å². The summed E-state index contributed by atoms with van der Waals surface area (Å²) in [4.78, 5) is 13.4. The molecule has 2 rings (SSSR count). The Balaban J connectivity index is 2.17. The van der Waals surface area contributed by atoms with Crippen molar-refractivity contribution in [2.75, 3.05) is 0 Å². The minimum absolute atomic E-state index is 0.0190. The van der Waals surface area contributed by atoms with Gasteiger partial charge in [0.25, 0.3) is 0 Å². The first-order chi connectivity index (χ1) is 8.29. The summed E-state index contributed by atoms with van der Waals surface area (Å²) >= 11 is 1.81. The molecule has 0 aliphatic heterocycles. The number of rotatable bonds is 3. The second kappa shape index (κ2) is 4.50. The molecule has 2 aromatic rings. The zero-order valence-corrected chi connectivity index (χ0v) is 12.6. The second-order valence-corrected chi connectivity index (χ2v) is 7.50. The number of H-pyrrole nitrogens is 1. The fourth-order valence-electron chi connectivity index (χ4n) is 1.89. The average molecular weight is 263 g/mol. The summed E-state index contributed by atoms with van der Waals surface area (Å²) in [5, 5.41) is 1.20. The minimum Gasteiger partial charge on any atom is -0.348 e. The molecule has 0 aliphatic carbocycles. The van der Waals surface area contributed by atoms with E-state index in [1.165, 1.54) is 9.88 Å². The summed E-state index contributed by atoms with van der Waals surface area (Å²) < 4.78 is 0. The Morgan fingerprint density at radius 2 is 1.89 bits per heavy atom. The third-order valence-corrected chi connectivity index (χ3v) is 4.37. The summed E-state index contributed by atoms with van der Waals surface area (Å²) in [7, 11) is 0. The van der Waals surface area contributed by atoms with Crippen molar-refractivity contribution in [3.05, 3.63) is 34.3 Å². The van der Waals surface area contributed by atoms with Gasteiger partial charge < -0.3 is 4.98 Å². The number of nitrogens with one attached hydrogen (secondary N) is 1. The van der Waals surface area contributed by atoms with Crippen molar-refractivity contribution in [1.82, 2.24) is 15.0 Å². The van der Waals surface area contributed by atoms with Crippen molar-refractivity contribution in [3.63, 3.8) is 0 Å². The van der Waals surface area contributed by atoms with Gasteiger partial charge in [0.15, 0.2) is 0 Å². The van der Waals surface area contributed by atoms with Crippen molar-refractivity contribution in [3.8, 4) is 0 Å². The molecule has 2 aromatic heterocycles. The predicted molar refractivity (Wildman–Crippen MR) is 76.1 cm³/mol. The largest absolute Gasteiger partial charge is 0.348 e. The van der Waals surface area contributed by atoms with E-state index in [9.17, 15) is 0 Å². The Hall–Kier alpha value is -1.16. The van der Waals surface area contributed by atoms with Gasteiger partial charge in [-0.25, -0.2) is 9.97 Å². The van der Waals surface area contributed by atoms with Gasteiger partial charge >= 0.3 is 0 Å². The molecule has 0 atom stereocenters. The quantitative estimate of drug-likeness (QED) is 0.917. The van der Waals surface area contributed by atoms with Crippen LogP contribution in [0.25, 0.3) is 0 Å². The molecular formula is C14H21N3S. The molecule has 0 radical (unpaired) electrons. The molecule has 0 bridgehead atoms. The maximum Gasteiger partial charge on any atom is 0.112 e. The molecule has 0 aliphatic rings. The third kappa shape index (κ3) is 2.80. The Morgan fingerprint density at radius 1 is 1.17 bits per heavy atom. The van der Waals surface area contributed by atoms with Crippen LogP contribution in [-0.2, 0) is 17.3 Å². The number of imidazole rings is 1. The maximum absolute atomic E-state index is 4.54. The second-order valence-electron chi connectivity index (χ2n) is 6.38. The van der Waals surface area contributed by atoms with E-state index < -0.39 is 0 Å². The molecule has 0 fully saturated rings. The van der Waals surface area contributed by atoms with Crippen LogP contribution in [0.2, 0.25) is 0 Å². The molecule has 0 saturated carbocycles. The van der Waals surface area contributed by atoms with Crippen LogP contribution < -0.4 is 0 Å². The zero-order chi connectivity index (χ0) is 13.4. The number of aromatic amines is 1. The molecular weight excluding hydrogens is 242 g/mol. The van der Waals surface area contributed by atoms with Crippen molar-refractivity contribution in [2.24, 2.45) is 0 Å². The Morgan fingerprint density at radius 3 is 2.39 bits per heavy atom. The summed E-state index contributed by atoms with van der Waals surface area (Å²) in [5.74, 6) is 1.04. The molecule has 0 unspecified atom stereocenters. The Labute approximate surface area is 113 Å². The molecule has 0 aromatic carbocycles. The molecule has 1 N–H and O–H groups in total. The predicted octanol–water partition coefficient (Wildman–Crippen LogP) is 3.68. The topological polar surface area (TPSA) is 41.6 Å². The highest BCUT2D eigenvalue weighted by atomic mass is 32.1. The first kappa shape index (κ1) is 13.3. The van der Waals surface area contributed by atoms with Gasteiger partial charge in [-0.15, -0.1) is 11.3 Å². The van der Waals surface area contributed by atoms with Gasteiger partial charge in [-0.05, 0) is 6.42 Å². The smallest absolute Gasteiger partial charge is 0.112 e. The monoisotopic (exact) mass is 263 g/mol. The van der Waals surface area contributed by atoms with Crippen molar-refractivity contribution in [1.29, 1.82) is 0 Å². The summed E-state index contributed by atoms with van der Waals surface area (Å²) in [6.45, 7) is 11.0. The lowest BCUT2D eigenvalue weighted by Crippen LogP contribution is -2.21. The van der Waals surface area contributed by atoms with Crippen LogP contribution in [0.3, 0.4) is 0 Å². The van der Waals surface area contributed by atoms with Gasteiger partial charge in [0, 0.05) is 34.3 Å². The van der Waals surface area contributed by atoms with Crippen LogP contribution in [0.4, 0.5) is 0 Å². The Kier molecular flexibility index (Phi) is 3.32. The average Bonchev–Trinajstić information content (AvgIpc) is 2.83. The van der Waals surface area contributed by atoms with E-state index in [2.05, 4.69) is 49.6 Å². The first-order valence-electron chi connectivity index (χ1n) is 6.24. The lowest BCUT2D eigenvalue weighted by molar-refractivity contribution is 0.495. The maximum atomic E-state index is 4.54. The van der Waals surface area contributed by atoms with E-state index in [0.29, 0.717) is 0 Å². The number of hydrogen-bond donors (Lipinski definition) is 1. The van der Waals surface area contributed by atoms with Crippen LogP contribution in [0.1, 0.15) is 50.3 Å². The Bertz CT molecular complexity index is 503. The number of hydrogen-bond acceptors (Lipinski definition) is 3. The first-order valence-corrected chi connectivity index (χ1v) is 7.06. The zero-order valence-electron chi connectivity index (χ0n) is 11.7. The van der Waals surface area contributed by atoms with E-state index in [-0.39, 0.29) is 10.8 Å². The van der Waals surface area contributed by atoms with Gasteiger partial charge in [-0.2, -0.15) is 0 Å². The fourth-order valence-corrected chi connectivity index (χ4v) is 3.09. The number of nitrogens with zero attached hydrogens (tertiary/aromatic N) is 2. The highest BCUT2D eigenvalue weighted by molar-refractivity contribution is 7.11. The van der Waals surface area contributed by atoms with Crippen LogP contribution in [0, 0.1) is 0 Å². The van der Waals surface area contributed by atoms with Crippen molar-refractivity contribution < 1.29 is 0 Å². The highest BCUT2D eigenvalue weighted by Gasteiger charge is 2.26. The molecule has 3 nitrogen and oxygen atoms in total. The molecule has 0 spiro atoms. The van der Waals surface area contributed by atoms with E-state index in [1.807, 2.05) is 29.9 Å². The SMILES string of the molecule is CC(C)(C)c1ncc(CC(C)(C)c2ncc[nH]2)s1. The minimum atomic E-state index is 0.0190. The molecule has 0 amide bonds. The van der Waals surface area contributed by atoms with Gasteiger partial charge in [0.1, 0.15) is 5.82 Å². The van der Waals surface area contributed by atoms with E-state index in [0.717, 1.165) is 12.2 Å².